The predicted molar refractivity (Wildman–Crippen MR) is 94.8 cm³/mol. The SMILES string of the molecule is CS(=O)(=O)c1ccc(-n2nc(C(F)F)cc2-c2ccc(Br)cc2)cc1. The summed E-state index contributed by atoms with van der Waals surface area (Å²) in [6, 6.07) is 14.5. The van der Waals surface area contributed by atoms with Gasteiger partial charge in [-0.2, -0.15) is 5.10 Å². The first-order valence-electron chi connectivity index (χ1n) is 7.20. The molecule has 4 nitrogen and oxygen atoms in total. The lowest BCUT2D eigenvalue weighted by Crippen LogP contribution is -2.02. The van der Waals surface area contributed by atoms with Crippen molar-refractivity contribution < 1.29 is 17.2 Å². The summed E-state index contributed by atoms with van der Waals surface area (Å²) in [5.74, 6) is 0. The normalized spacial score (nSPS) is 11.9. The van der Waals surface area contributed by atoms with E-state index >= 15 is 0 Å². The highest BCUT2D eigenvalue weighted by atomic mass is 79.9. The maximum atomic E-state index is 13.1. The summed E-state index contributed by atoms with van der Waals surface area (Å²) >= 11 is 3.34. The summed E-state index contributed by atoms with van der Waals surface area (Å²) in [5.41, 5.74) is 1.37. The van der Waals surface area contributed by atoms with E-state index < -0.39 is 16.3 Å². The molecule has 0 spiro atoms. The number of nitrogens with zero attached hydrogens (tertiary/aromatic N) is 2. The van der Waals surface area contributed by atoms with Gasteiger partial charge in [0.25, 0.3) is 6.43 Å². The van der Waals surface area contributed by atoms with Crippen LogP contribution in [-0.4, -0.2) is 24.5 Å². The average molecular weight is 427 g/mol. The fraction of sp³-hybridized carbons (Fsp3) is 0.118. The van der Waals surface area contributed by atoms with E-state index in [-0.39, 0.29) is 10.6 Å². The number of alkyl halides is 2. The van der Waals surface area contributed by atoms with Crippen LogP contribution in [0.2, 0.25) is 0 Å². The van der Waals surface area contributed by atoms with Crippen LogP contribution in [0.25, 0.3) is 16.9 Å². The first-order valence-corrected chi connectivity index (χ1v) is 9.89. The van der Waals surface area contributed by atoms with Crippen LogP contribution in [0.15, 0.2) is 64.0 Å². The molecule has 0 atom stereocenters. The Morgan fingerprint density at radius 2 is 1.64 bits per heavy atom. The standard InChI is InChI=1S/C17H13BrF2N2O2S/c1-25(23,24)14-8-6-13(7-9-14)22-16(10-15(21-22)17(19)20)11-2-4-12(18)5-3-11/h2-10,17H,1H3. The Labute approximate surface area is 152 Å². The Hall–Kier alpha value is -2.06. The van der Waals surface area contributed by atoms with Crippen LogP contribution in [0.3, 0.4) is 0 Å². The molecule has 0 fully saturated rings. The van der Waals surface area contributed by atoms with Gasteiger partial charge in [-0.05, 0) is 42.5 Å². The van der Waals surface area contributed by atoms with Crippen molar-refractivity contribution in [2.24, 2.45) is 0 Å². The largest absolute Gasteiger partial charge is 0.282 e. The van der Waals surface area contributed by atoms with E-state index in [9.17, 15) is 17.2 Å². The monoisotopic (exact) mass is 426 g/mol. The van der Waals surface area contributed by atoms with Crippen LogP contribution >= 0.6 is 15.9 Å². The topological polar surface area (TPSA) is 52.0 Å². The second kappa shape index (κ2) is 6.68. The lowest BCUT2D eigenvalue weighted by atomic mass is 10.1. The van der Waals surface area contributed by atoms with E-state index in [0.29, 0.717) is 11.4 Å². The van der Waals surface area contributed by atoms with Crippen LogP contribution in [0.1, 0.15) is 12.1 Å². The third-order valence-corrected chi connectivity index (χ3v) is 5.26. The summed E-state index contributed by atoms with van der Waals surface area (Å²) in [6.07, 6.45) is -1.59. The molecule has 8 heteroatoms. The van der Waals surface area contributed by atoms with Crippen molar-refractivity contribution in [2.75, 3.05) is 6.26 Å². The number of halogens is 3. The van der Waals surface area contributed by atoms with Crippen LogP contribution in [0.4, 0.5) is 8.78 Å². The van der Waals surface area contributed by atoms with Gasteiger partial charge >= 0.3 is 0 Å². The number of aromatic nitrogens is 2. The number of benzene rings is 2. The number of rotatable bonds is 4. The van der Waals surface area contributed by atoms with E-state index in [2.05, 4.69) is 21.0 Å². The quantitative estimate of drug-likeness (QED) is 0.610. The summed E-state index contributed by atoms with van der Waals surface area (Å²) < 4.78 is 51.6. The smallest absolute Gasteiger partial charge is 0.233 e. The molecule has 0 unspecified atom stereocenters. The van der Waals surface area contributed by atoms with Gasteiger partial charge in [-0.25, -0.2) is 21.9 Å². The van der Waals surface area contributed by atoms with Gasteiger partial charge in [0, 0.05) is 16.3 Å². The Balaban J connectivity index is 2.13. The van der Waals surface area contributed by atoms with E-state index in [1.54, 1.807) is 24.3 Å². The molecule has 0 amide bonds. The van der Waals surface area contributed by atoms with Crippen molar-refractivity contribution in [3.05, 3.63) is 64.8 Å². The summed E-state index contributed by atoms with van der Waals surface area (Å²) in [6.45, 7) is 0. The van der Waals surface area contributed by atoms with Crippen LogP contribution in [0.5, 0.6) is 0 Å². The van der Waals surface area contributed by atoms with Gasteiger partial charge in [0.2, 0.25) is 0 Å². The molecule has 0 saturated carbocycles. The molecule has 2 aromatic carbocycles. The maximum Gasteiger partial charge on any atom is 0.282 e. The van der Waals surface area contributed by atoms with Crippen LogP contribution < -0.4 is 0 Å². The molecule has 0 aliphatic rings. The second-order valence-corrected chi connectivity index (χ2v) is 8.37. The zero-order valence-corrected chi connectivity index (χ0v) is 15.4. The fourth-order valence-corrected chi connectivity index (χ4v) is 3.26. The van der Waals surface area contributed by atoms with Gasteiger partial charge in [0.05, 0.1) is 16.3 Å². The molecule has 0 N–H and O–H groups in total. The molecule has 0 saturated heterocycles. The minimum Gasteiger partial charge on any atom is -0.233 e. The molecule has 1 aromatic heterocycles. The van der Waals surface area contributed by atoms with Crippen LogP contribution in [0, 0.1) is 0 Å². The Morgan fingerprint density at radius 1 is 1.04 bits per heavy atom. The number of sulfone groups is 1. The molecule has 0 bridgehead atoms. The van der Waals surface area contributed by atoms with E-state index in [4.69, 9.17) is 0 Å². The number of hydrogen-bond acceptors (Lipinski definition) is 3. The molecule has 0 aliphatic carbocycles. The molecule has 0 radical (unpaired) electrons. The first-order chi connectivity index (χ1) is 11.8. The highest BCUT2D eigenvalue weighted by Gasteiger charge is 2.18. The maximum absolute atomic E-state index is 13.1. The molecule has 130 valence electrons. The van der Waals surface area contributed by atoms with E-state index in [0.717, 1.165) is 16.3 Å². The highest BCUT2D eigenvalue weighted by molar-refractivity contribution is 9.10. The molecular weight excluding hydrogens is 414 g/mol. The average Bonchev–Trinajstić information content (AvgIpc) is 3.00. The summed E-state index contributed by atoms with van der Waals surface area (Å²) in [7, 11) is -3.33. The second-order valence-electron chi connectivity index (χ2n) is 5.44. The zero-order valence-electron chi connectivity index (χ0n) is 13.0. The van der Waals surface area contributed by atoms with Gasteiger partial charge in [-0.15, -0.1) is 0 Å². The molecule has 3 rings (SSSR count). The third kappa shape index (κ3) is 3.80. The van der Waals surface area contributed by atoms with Crippen molar-refractivity contribution in [1.29, 1.82) is 0 Å². The molecule has 0 aliphatic heterocycles. The highest BCUT2D eigenvalue weighted by Crippen LogP contribution is 2.29. The molecular formula is C17H13BrF2N2O2S. The van der Waals surface area contributed by atoms with Crippen molar-refractivity contribution in [1.82, 2.24) is 9.78 Å². The van der Waals surface area contributed by atoms with E-state index in [1.807, 2.05) is 12.1 Å². The molecule has 1 heterocycles. The minimum atomic E-state index is -3.33. The fourth-order valence-electron chi connectivity index (χ4n) is 2.36. The summed E-state index contributed by atoms with van der Waals surface area (Å²) in [4.78, 5) is 0.155. The zero-order chi connectivity index (χ0) is 18.2. The predicted octanol–water partition coefficient (Wildman–Crippen LogP) is 4.64. The lowest BCUT2D eigenvalue weighted by molar-refractivity contribution is 0.145. The molecule has 3 aromatic rings. The Kier molecular flexibility index (Phi) is 4.75. The van der Waals surface area contributed by atoms with E-state index in [1.165, 1.54) is 22.9 Å². The number of hydrogen-bond donors (Lipinski definition) is 0. The van der Waals surface area contributed by atoms with Gasteiger partial charge in [-0.3, -0.25) is 0 Å². The molecule has 25 heavy (non-hydrogen) atoms. The van der Waals surface area contributed by atoms with Crippen molar-refractivity contribution in [3.63, 3.8) is 0 Å². The van der Waals surface area contributed by atoms with Gasteiger partial charge < -0.3 is 0 Å². The summed E-state index contributed by atoms with van der Waals surface area (Å²) in [5, 5.41) is 3.98. The van der Waals surface area contributed by atoms with Gasteiger partial charge in [0.15, 0.2) is 9.84 Å². The Morgan fingerprint density at radius 3 is 2.16 bits per heavy atom. The van der Waals surface area contributed by atoms with Crippen molar-refractivity contribution >= 4 is 25.8 Å². The Bertz CT molecular complexity index is 998. The lowest BCUT2D eigenvalue weighted by Gasteiger charge is -2.08. The minimum absolute atomic E-state index is 0.155. The van der Waals surface area contributed by atoms with Gasteiger partial charge in [-0.1, -0.05) is 28.1 Å². The first kappa shape index (κ1) is 17.8. The van der Waals surface area contributed by atoms with Crippen molar-refractivity contribution in [3.8, 4) is 16.9 Å². The third-order valence-electron chi connectivity index (χ3n) is 3.60. The van der Waals surface area contributed by atoms with Crippen molar-refractivity contribution in [2.45, 2.75) is 11.3 Å². The van der Waals surface area contributed by atoms with Crippen LogP contribution in [-0.2, 0) is 9.84 Å². The van der Waals surface area contributed by atoms with Gasteiger partial charge in [0.1, 0.15) is 5.69 Å².